The molecule has 0 N–H and O–H groups in total. The van der Waals surface area contributed by atoms with Gasteiger partial charge in [0.2, 0.25) is 0 Å². The van der Waals surface area contributed by atoms with E-state index in [9.17, 15) is 9.59 Å². The lowest BCUT2D eigenvalue weighted by atomic mass is 10.0. The van der Waals surface area contributed by atoms with Gasteiger partial charge in [0.05, 0.1) is 5.56 Å². The van der Waals surface area contributed by atoms with Gasteiger partial charge in [0.15, 0.2) is 17.8 Å². The van der Waals surface area contributed by atoms with E-state index < -0.39 is 0 Å². The third kappa shape index (κ3) is 4.87. The zero-order valence-corrected chi connectivity index (χ0v) is 21.2. The molecule has 1 aromatic heterocycles. The fraction of sp³-hybridized carbons (Fsp3) is 0.414. The Morgan fingerprint density at radius 1 is 0.806 bits per heavy atom. The molecule has 0 saturated carbocycles. The predicted octanol–water partition coefficient (Wildman–Crippen LogP) is 4.94. The number of oxazole rings is 1. The summed E-state index contributed by atoms with van der Waals surface area (Å²) < 4.78 is 5.75. The molecule has 2 amide bonds. The van der Waals surface area contributed by atoms with Crippen LogP contribution in [0.4, 0.5) is 5.69 Å². The van der Waals surface area contributed by atoms with Crippen LogP contribution in [0.2, 0.25) is 0 Å². The van der Waals surface area contributed by atoms with Crippen LogP contribution in [0, 0.1) is 13.8 Å². The lowest BCUT2D eigenvalue weighted by molar-refractivity contribution is 0.0737. The lowest BCUT2D eigenvalue weighted by Gasteiger charge is -2.36. The van der Waals surface area contributed by atoms with E-state index in [-0.39, 0.29) is 17.5 Å². The lowest BCUT2D eigenvalue weighted by Crippen LogP contribution is -2.49. The Kier molecular flexibility index (Phi) is 7.07. The number of aromatic nitrogens is 1. The standard InChI is InChI=1S/C29H34N4O3/c1-21-11-12-22(2)25(19-21)31-15-17-33(18-16-31)29(35)26-27(36-20-30-26)23-9-5-6-10-24(23)28(34)32-13-7-3-4-8-14-32/h5-6,9-12,19-20H,3-4,7-8,13-18H2,1-2H3. The molecule has 0 radical (unpaired) electrons. The monoisotopic (exact) mass is 486 g/mol. The smallest absolute Gasteiger partial charge is 0.276 e. The maximum atomic E-state index is 13.5. The molecule has 36 heavy (non-hydrogen) atoms. The average Bonchev–Trinajstić information content (AvgIpc) is 3.24. The summed E-state index contributed by atoms with van der Waals surface area (Å²) >= 11 is 0. The van der Waals surface area contributed by atoms with E-state index in [4.69, 9.17) is 4.42 Å². The summed E-state index contributed by atoms with van der Waals surface area (Å²) in [6, 6.07) is 13.9. The second-order valence-corrected chi connectivity index (χ2v) is 9.85. The van der Waals surface area contributed by atoms with E-state index in [1.807, 2.05) is 34.1 Å². The second-order valence-electron chi connectivity index (χ2n) is 9.85. The molecule has 0 aliphatic carbocycles. The zero-order valence-electron chi connectivity index (χ0n) is 21.2. The summed E-state index contributed by atoms with van der Waals surface area (Å²) in [5, 5.41) is 0. The fourth-order valence-corrected chi connectivity index (χ4v) is 5.26. The number of hydrogen-bond acceptors (Lipinski definition) is 5. The Labute approximate surface area is 212 Å². The van der Waals surface area contributed by atoms with Crippen LogP contribution in [0.25, 0.3) is 11.3 Å². The van der Waals surface area contributed by atoms with Gasteiger partial charge in [-0.1, -0.05) is 43.2 Å². The number of piperazine rings is 1. The zero-order chi connectivity index (χ0) is 25.1. The van der Waals surface area contributed by atoms with Crippen LogP contribution in [-0.4, -0.2) is 65.9 Å². The topological polar surface area (TPSA) is 69.9 Å². The minimum atomic E-state index is -0.156. The van der Waals surface area contributed by atoms with Gasteiger partial charge in [-0.25, -0.2) is 4.98 Å². The molecule has 0 spiro atoms. The van der Waals surface area contributed by atoms with Crippen molar-refractivity contribution in [2.45, 2.75) is 39.5 Å². The molecule has 2 aliphatic rings. The van der Waals surface area contributed by atoms with Crippen LogP contribution in [-0.2, 0) is 0 Å². The molecule has 5 rings (SSSR count). The number of carbonyl (C=O) groups is 2. The van der Waals surface area contributed by atoms with Gasteiger partial charge >= 0.3 is 0 Å². The van der Waals surface area contributed by atoms with Crippen molar-refractivity contribution < 1.29 is 14.0 Å². The highest BCUT2D eigenvalue weighted by Gasteiger charge is 2.30. The summed E-state index contributed by atoms with van der Waals surface area (Å²) in [5.41, 5.74) is 5.16. The number of carbonyl (C=O) groups excluding carboxylic acids is 2. The van der Waals surface area contributed by atoms with Gasteiger partial charge in [-0.3, -0.25) is 9.59 Å². The Balaban J connectivity index is 1.34. The molecule has 7 nitrogen and oxygen atoms in total. The molecule has 2 saturated heterocycles. The molecular formula is C29H34N4O3. The van der Waals surface area contributed by atoms with Crippen molar-refractivity contribution in [2.75, 3.05) is 44.2 Å². The largest absolute Gasteiger partial charge is 0.443 e. The van der Waals surface area contributed by atoms with Gasteiger partial charge in [0.1, 0.15) is 0 Å². The molecule has 7 heteroatoms. The Morgan fingerprint density at radius 2 is 1.50 bits per heavy atom. The van der Waals surface area contributed by atoms with Crippen molar-refractivity contribution in [3.8, 4) is 11.3 Å². The molecule has 0 unspecified atom stereocenters. The van der Waals surface area contributed by atoms with Crippen LogP contribution >= 0.6 is 0 Å². The Bertz CT molecular complexity index is 1230. The highest BCUT2D eigenvalue weighted by Crippen LogP contribution is 2.30. The van der Waals surface area contributed by atoms with E-state index >= 15 is 0 Å². The van der Waals surface area contributed by atoms with Gasteiger partial charge in [-0.15, -0.1) is 0 Å². The maximum Gasteiger partial charge on any atom is 0.276 e. The van der Waals surface area contributed by atoms with E-state index in [1.165, 1.54) is 23.2 Å². The van der Waals surface area contributed by atoms with Gasteiger partial charge in [-0.05, 0) is 49.9 Å². The number of aryl methyl sites for hydroxylation is 2. The SMILES string of the molecule is Cc1ccc(C)c(N2CCN(C(=O)c3ncoc3-c3ccccc3C(=O)N3CCCCCC3)CC2)c1. The molecule has 2 aromatic carbocycles. The first-order valence-electron chi connectivity index (χ1n) is 13.0. The van der Waals surface area contributed by atoms with Crippen molar-refractivity contribution in [3.63, 3.8) is 0 Å². The maximum absolute atomic E-state index is 13.5. The summed E-state index contributed by atoms with van der Waals surface area (Å²) in [5.74, 6) is 0.205. The van der Waals surface area contributed by atoms with Crippen molar-refractivity contribution in [1.29, 1.82) is 0 Å². The summed E-state index contributed by atoms with van der Waals surface area (Å²) in [6.07, 6.45) is 5.66. The van der Waals surface area contributed by atoms with Crippen LogP contribution in [0.15, 0.2) is 53.3 Å². The third-order valence-corrected chi connectivity index (χ3v) is 7.34. The van der Waals surface area contributed by atoms with E-state index in [0.717, 1.165) is 51.9 Å². The van der Waals surface area contributed by atoms with Crippen LogP contribution in [0.3, 0.4) is 0 Å². The predicted molar refractivity (Wildman–Crippen MR) is 140 cm³/mol. The molecule has 2 fully saturated rings. The van der Waals surface area contributed by atoms with E-state index in [0.29, 0.717) is 30.0 Å². The highest BCUT2D eigenvalue weighted by atomic mass is 16.3. The van der Waals surface area contributed by atoms with Crippen molar-refractivity contribution in [2.24, 2.45) is 0 Å². The highest BCUT2D eigenvalue weighted by molar-refractivity contribution is 6.04. The summed E-state index contributed by atoms with van der Waals surface area (Å²) in [6.45, 7) is 8.48. The van der Waals surface area contributed by atoms with Gasteiger partial charge < -0.3 is 19.1 Å². The van der Waals surface area contributed by atoms with E-state index in [2.05, 4.69) is 41.9 Å². The summed E-state index contributed by atoms with van der Waals surface area (Å²) in [4.78, 5) is 37.4. The number of amides is 2. The van der Waals surface area contributed by atoms with E-state index in [1.54, 1.807) is 0 Å². The number of hydrogen-bond donors (Lipinski definition) is 0. The molecule has 0 atom stereocenters. The number of benzene rings is 2. The molecule has 0 bridgehead atoms. The van der Waals surface area contributed by atoms with Crippen LogP contribution in [0.1, 0.15) is 57.7 Å². The van der Waals surface area contributed by atoms with Crippen molar-refractivity contribution in [1.82, 2.24) is 14.8 Å². The minimum absolute atomic E-state index is 0.00978. The molecule has 188 valence electrons. The number of likely N-dealkylation sites (tertiary alicyclic amines) is 1. The van der Waals surface area contributed by atoms with Gasteiger partial charge in [0, 0.05) is 50.5 Å². The minimum Gasteiger partial charge on any atom is -0.443 e. The number of nitrogens with zero attached hydrogens (tertiary/aromatic N) is 4. The quantitative estimate of drug-likeness (QED) is 0.523. The second kappa shape index (κ2) is 10.6. The Hall–Kier alpha value is -3.61. The van der Waals surface area contributed by atoms with Gasteiger partial charge in [-0.2, -0.15) is 0 Å². The van der Waals surface area contributed by atoms with Crippen molar-refractivity contribution in [3.05, 3.63) is 71.2 Å². The fourth-order valence-electron chi connectivity index (χ4n) is 5.26. The van der Waals surface area contributed by atoms with Gasteiger partial charge in [0.25, 0.3) is 11.8 Å². The third-order valence-electron chi connectivity index (χ3n) is 7.34. The Morgan fingerprint density at radius 3 is 2.25 bits per heavy atom. The molecule has 3 aromatic rings. The first-order valence-corrected chi connectivity index (χ1v) is 13.0. The van der Waals surface area contributed by atoms with Crippen LogP contribution < -0.4 is 4.90 Å². The first-order chi connectivity index (χ1) is 17.5. The first kappa shape index (κ1) is 24.1. The molecule has 3 heterocycles. The number of anilines is 1. The van der Waals surface area contributed by atoms with Crippen LogP contribution in [0.5, 0.6) is 0 Å². The normalized spacial score (nSPS) is 16.7. The molecular weight excluding hydrogens is 452 g/mol. The summed E-state index contributed by atoms with van der Waals surface area (Å²) in [7, 11) is 0. The average molecular weight is 487 g/mol. The number of rotatable bonds is 4. The molecule has 2 aliphatic heterocycles. The van der Waals surface area contributed by atoms with Crippen molar-refractivity contribution >= 4 is 17.5 Å².